The van der Waals surface area contributed by atoms with Gasteiger partial charge < -0.3 is 5.32 Å². The van der Waals surface area contributed by atoms with Crippen LogP contribution in [0.4, 0.5) is 0 Å². The van der Waals surface area contributed by atoms with E-state index in [4.69, 9.17) is 0 Å². The van der Waals surface area contributed by atoms with Gasteiger partial charge in [-0.25, -0.2) is 0 Å². The van der Waals surface area contributed by atoms with E-state index in [-0.39, 0.29) is 0 Å². The zero-order chi connectivity index (χ0) is 11.5. The topological polar surface area (TPSA) is 12.0 Å². The Morgan fingerprint density at radius 3 is 2.81 bits per heavy atom. The molecule has 16 heavy (non-hydrogen) atoms. The number of hydrogen-bond acceptors (Lipinski definition) is 1. The summed E-state index contributed by atoms with van der Waals surface area (Å²) in [6.45, 7) is 9.19. The fourth-order valence-electron chi connectivity index (χ4n) is 2.68. The predicted molar refractivity (Wildman–Crippen MR) is 69.8 cm³/mol. The molecule has 1 aromatic carbocycles. The van der Waals surface area contributed by atoms with Gasteiger partial charge in [0.25, 0.3) is 0 Å². The molecule has 1 N–H and O–H groups in total. The lowest BCUT2D eigenvalue weighted by Crippen LogP contribution is -2.36. The Balaban J connectivity index is 2.07. The van der Waals surface area contributed by atoms with E-state index in [1.807, 2.05) is 0 Å². The van der Waals surface area contributed by atoms with Crippen LogP contribution in [0.1, 0.15) is 30.0 Å². The van der Waals surface area contributed by atoms with Crippen molar-refractivity contribution < 1.29 is 0 Å². The van der Waals surface area contributed by atoms with Crippen molar-refractivity contribution in [1.29, 1.82) is 0 Å². The van der Waals surface area contributed by atoms with E-state index in [9.17, 15) is 0 Å². The van der Waals surface area contributed by atoms with Crippen LogP contribution in [0.15, 0.2) is 18.2 Å². The normalized spacial score (nSPS) is 25.7. The van der Waals surface area contributed by atoms with Crippen LogP contribution in [0, 0.1) is 25.7 Å². The highest BCUT2D eigenvalue weighted by Crippen LogP contribution is 2.24. The average Bonchev–Trinajstić information content (AvgIpc) is 2.25. The van der Waals surface area contributed by atoms with Gasteiger partial charge in [-0.05, 0) is 62.7 Å². The zero-order valence-corrected chi connectivity index (χ0v) is 10.7. The fourth-order valence-corrected chi connectivity index (χ4v) is 2.68. The Morgan fingerprint density at radius 1 is 1.31 bits per heavy atom. The maximum absolute atomic E-state index is 3.52. The molecule has 0 spiro atoms. The molecule has 1 aliphatic heterocycles. The third kappa shape index (κ3) is 2.65. The maximum Gasteiger partial charge on any atom is -0.00148 e. The van der Waals surface area contributed by atoms with Crippen molar-refractivity contribution in [2.45, 2.75) is 33.6 Å². The van der Waals surface area contributed by atoms with Gasteiger partial charge in [0.2, 0.25) is 0 Å². The van der Waals surface area contributed by atoms with Crippen LogP contribution in [0.5, 0.6) is 0 Å². The Hall–Kier alpha value is -0.820. The van der Waals surface area contributed by atoms with Gasteiger partial charge in [0.05, 0.1) is 0 Å². The van der Waals surface area contributed by atoms with E-state index < -0.39 is 0 Å². The maximum atomic E-state index is 3.52. The number of piperidine rings is 1. The molecule has 1 aliphatic rings. The summed E-state index contributed by atoms with van der Waals surface area (Å²) >= 11 is 0. The van der Waals surface area contributed by atoms with Crippen LogP contribution in [0.25, 0.3) is 0 Å². The third-order valence-electron chi connectivity index (χ3n) is 3.97. The number of aryl methyl sites for hydroxylation is 2. The molecule has 1 fully saturated rings. The van der Waals surface area contributed by atoms with Crippen molar-refractivity contribution in [2.24, 2.45) is 11.8 Å². The smallest absolute Gasteiger partial charge is 0.00148 e. The second-order valence-corrected chi connectivity index (χ2v) is 5.36. The van der Waals surface area contributed by atoms with E-state index in [0.29, 0.717) is 0 Å². The Bertz CT molecular complexity index is 356. The van der Waals surface area contributed by atoms with E-state index in [2.05, 4.69) is 44.3 Å². The highest BCUT2D eigenvalue weighted by Gasteiger charge is 2.21. The van der Waals surface area contributed by atoms with Gasteiger partial charge >= 0.3 is 0 Å². The van der Waals surface area contributed by atoms with Gasteiger partial charge in [-0.3, -0.25) is 0 Å². The number of rotatable bonds is 2. The molecular formula is C15H23N. The van der Waals surface area contributed by atoms with Crippen LogP contribution < -0.4 is 5.32 Å². The Morgan fingerprint density at radius 2 is 2.12 bits per heavy atom. The molecular weight excluding hydrogens is 194 g/mol. The predicted octanol–water partition coefficient (Wildman–Crippen LogP) is 3.09. The zero-order valence-electron chi connectivity index (χ0n) is 10.7. The first-order valence-corrected chi connectivity index (χ1v) is 6.43. The van der Waals surface area contributed by atoms with Crippen molar-refractivity contribution in [1.82, 2.24) is 5.32 Å². The summed E-state index contributed by atoms with van der Waals surface area (Å²) in [6, 6.07) is 6.85. The third-order valence-corrected chi connectivity index (χ3v) is 3.97. The SMILES string of the molecule is Cc1ccc(CC2CNCCC2C)c(C)c1. The molecule has 0 saturated carbocycles. The van der Waals surface area contributed by atoms with Gasteiger partial charge in [-0.2, -0.15) is 0 Å². The van der Waals surface area contributed by atoms with Crippen LogP contribution in [-0.2, 0) is 6.42 Å². The molecule has 1 aromatic rings. The van der Waals surface area contributed by atoms with Crippen LogP contribution in [0.2, 0.25) is 0 Å². The first kappa shape index (κ1) is 11.7. The molecule has 0 aromatic heterocycles. The van der Waals surface area contributed by atoms with Crippen molar-refractivity contribution in [3.05, 3.63) is 34.9 Å². The molecule has 2 unspecified atom stereocenters. The summed E-state index contributed by atoms with van der Waals surface area (Å²) in [5.41, 5.74) is 4.36. The second-order valence-electron chi connectivity index (χ2n) is 5.36. The lowest BCUT2D eigenvalue weighted by molar-refractivity contribution is 0.272. The average molecular weight is 217 g/mol. The van der Waals surface area contributed by atoms with Crippen LogP contribution >= 0.6 is 0 Å². The van der Waals surface area contributed by atoms with Gasteiger partial charge in [0.15, 0.2) is 0 Å². The van der Waals surface area contributed by atoms with Crippen molar-refractivity contribution in [2.75, 3.05) is 13.1 Å². The van der Waals surface area contributed by atoms with Gasteiger partial charge in [-0.1, -0.05) is 30.7 Å². The minimum absolute atomic E-state index is 0.815. The van der Waals surface area contributed by atoms with Crippen LogP contribution in [0.3, 0.4) is 0 Å². The van der Waals surface area contributed by atoms with E-state index in [1.165, 1.54) is 42.6 Å². The van der Waals surface area contributed by atoms with Gasteiger partial charge in [-0.15, -0.1) is 0 Å². The fraction of sp³-hybridized carbons (Fsp3) is 0.600. The Labute approximate surface area is 99.3 Å². The molecule has 1 nitrogen and oxygen atoms in total. The highest BCUT2D eigenvalue weighted by atomic mass is 14.9. The molecule has 0 radical (unpaired) electrons. The van der Waals surface area contributed by atoms with Crippen molar-refractivity contribution >= 4 is 0 Å². The standard InChI is InChI=1S/C15H23N/c1-11-4-5-14(13(3)8-11)9-15-10-16-7-6-12(15)2/h4-5,8,12,15-16H,6-7,9-10H2,1-3H3. The second kappa shape index (κ2) is 5.01. The summed E-state index contributed by atoms with van der Waals surface area (Å²) in [7, 11) is 0. The summed E-state index contributed by atoms with van der Waals surface area (Å²) in [5, 5.41) is 3.52. The molecule has 1 saturated heterocycles. The first-order chi connectivity index (χ1) is 7.66. The summed E-state index contributed by atoms with van der Waals surface area (Å²) in [5.74, 6) is 1.68. The minimum Gasteiger partial charge on any atom is -0.316 e. The summed E-state index contributed by atoms with van der Waals surface area (Å²) in [6.07, 6.45) is 2.57. The molecule has 0 amide bonds. The molecule has 88 valence electrons. The number of nitrogens with one attached hydrogen (secondary N) is 1. The molecule has 1 heteroatoms. The molecule has 0 bridgehead atoms. The highest BCUT2D eigenvalue weighted by molar-refractivity contribution is 5.30. The lowest BCUT2D eigenvalue weighted by Gasteiger charge is -2.30. The van der Waals surface area contributed by atoms with Crippen molar-refractivity contribution in [3.8, 4) is 0 Å². The molecule has 1 heterocycles. The number of hydrogen-bond donors (Lipinski definition) is 1. The molecule has 0 aliphatic carbocycles. The monoisotopic (exact) mass is 217 g/mol. The van der Waals surface area contributed by atoms with E-state index in [0.717, 1.165) is 11.8 Å². The molecule has 2 rings (SSSR count). The first-order valence-electron chi connectivity index (χ1n) is 6.43. The largest absolute Gasteiger partial charge is 0.316 e. The van der Waals surface area contributed by atoms with Gasteiger partial charge in [0, 0.05) is 0 Å². The molecule has 2 atom stereocenters. The van der Waals surface area contributed by atoms with Gasteiger partial charge in [0.1, 0.15) is 0 Å². The number of benzene rings is 1. The minimum atomic E-state index is 0.815. The quantitative estimate of drug-likeness (QED) is 0.802. The summed E-state index contributed by atoms with van der Waals surface area (Å²) in [4.78, 5) is 0. The van der Waals surface area contributed by atoms with E-state index >= 15 is 0 Å². The van der Waals surface area contributed by atoms with E-state index in [1.54, 1.807) is 0 Å². The summed E-state index contributed by atoms with van der Waals surface area (Å²) < 4.78 is 0. The van der Waals surface area contributed by atoms with Crippen molar-refractivity contribution in [3.63, 3.8) is 0 Å². The van der Waals surface area contributed by atoms with Crippen LogP contribution in [-0.4, -0.2) is 13.1 Å². The Kier molecular flexibility index (Phi) is 3.65. The lowest BCUT2D eigenvalue weighted by atomic mass is 9.82.